The van der Waals surface area contributed by atoms with E-state index in [1.54, 1.807) is 18.4 Å². The molecule has 2 aromatic rings. The van der Waals surface area contributed by atoms with Crippen LogP contribution in [-0.4, -0.2) is 30.2 Å². The van der Waals surface area contributed by atoms with E-state index in [1.165, 1.54) is 11.2 Å². The van der Waals surface area contributed by atoms with E-state index in [1.807, 2.05) is 19.1 Å². The van der Waals surface area contributed by atoms with Crippen LogP contribution in [0.4, 0.5) is 11.6 Å². The molecule has 0 unspecified atom stereocenters. The number of hydrogen-bond donors (Lipinski definition) is 2. The molecule has 0 spiro atoms. The summed E-state index contributed by atoms with van der Waals surface area (Å²) in [7, 11) is 1.61. The van der Waals surface area contributed by atoms with Crippen LogP contribution in [0.25, 0.3) is 0 Å². The highest BCUT2D eigenvalue weighted by Crippen LogP contribution is 2.29. The van der Waals surface area contributed by atoms with Crippen molar-refractivity contribution in [3.8, 4) is 5.75 Å². The molecule has 2 N–H and O–H groups in total. The highest BCUT2D eigenvalue weighted by atomic mass is 35.5. The minimum atomic E-state index is 0.638. The first-order chi connectivity index (χ1) is 9.74. The van der Waals surface area contributed by atoms with E-state index in [9.17, 15) is 0 Å². The molecule has 0 aliphatic heterocycles. The molecule has 0 aliphatic carbocycles. The Kier molecular flexibility index (Phi) is 5.43. The Morgan fingerprint density at radius 3 is 2.60 bits per heavy atom. The van der Waals surface area contributed by atoms with E-state index in [-0.39, 0.29) is 0 Å². The number of rotatable bonds is 7. The number of anilines is 2. The molecular formula is C13H17ClN4OS. The molecule has 2 aromatic heterocycles. The molecule has 108 valence electrons. The van der Waals surface area contributed by atoms with Gasteiger partial charge >= 0.3 is 0 Å². The lowest BCUT2D eigenvalue weighted by molar-refractivity contribution is 0.414. The van der Waals surface area contributed by atoms with Gasteiger partial charge in [0, 0.05) is 18.0 Å². The lowest BCUT2D eigenvalue weighted by atomic mass is 10.3. The van der Waals surface area contributed by atoms with Crippen LogP contribution in [0.1, 0.15) is 11.8 Å². The van der Waals surface area contributed by atoms with Gasteiger partial charge in [-0.05, 0) is 25.5 Å². The Hall–Kier alpha value is -1.53. The second-order valence-corrected chi connectivity index (χ2v) is 5.82. The molecule has 0 aliphatic rings. The summed E-state index contributed by atoms with van der Waals surface area (Å²) in [6, 6.07) is 3.95. The minimum absolute atomic E-state index is 0.638. The van der Waals surface area contributed by atoms with Crippen LogP contribution in [0.15, 0.2) is 18.5 Å². The zero-order valence-electron chi connectivity index (χ0n) is 11.4. The van der Waals surface area contributed by atoms with E-state index < -0.39 is 0 Å². The van der Waals surface area contributed by atoms with Crippen molar-refractivity contribution in [1.29, 1.82) is 0 Å². The Labute approximate surface area is 127 Å². The predicted molar refractivity (Wildman–Crippen MR) is 84.3 cm³/mol. The number of ether oxygens (including phenoxy) is 1. The maximum Gasteiger partial charge on any atom is 0.204 e. The Morgan fingerprint density at radius 2 is 2.00 bits per heavy atom. The topological polar surface area (TPSA) is 59.1 Å². The molecule has 2 heterocycles. The quantitative estimate of drug-likeness (QED) is 0.821. The van der Waals surface area contributed by atoms with E-state index in [2.05, 4.69) is 20.6 Å². The first-order valence-electron chi connectivity index (χ1n) is 6.35. The molecule has 0 aromatic carbocycles. The van der Waals surface area contributed by atoms with E-state index in [4.69, 9.17) is 16.3 Å². The van der Waals surface area contributed by atoms with Crippen molar-refractivity contribution in [3.05, 3.63) is 27.7 Å². The third-order valence-electron chi connectivity index (χ3n) is 2.64. The summed E-state index contributed by atoms with van der Waals surface area (Å²) in [6.45, 7) is 3.55. The summed E-state index contributed by atoms with van der Waals surface area (Å²) in [6.07, 6.45) is 2.41. The van der Waals surface area contributed by atoms with Crippen molar-refractivity contribution < 1.29 is 4.74 Å². The van der Waals surface area contributed by atoms with E-state index in [0.717, 1.165) is 23.8 Å². The average Bonchev–Trinajstić information content (AvgIpc) is 2.85. The van der Waals surface area contributed by atoms with Crippen LogP contribution in [0.5, 0.6) is 5.75 Å². The van der Waals surface area contributed by atoms with Gasteiger partial charge in [0.05, 0.1) is 11.4 Å². The fourth-order valence-corrected chi connectivity index (χ4v) is 2.86. The lowest BCUT2D eigenvalue weighted by Gasteiger charge is -2.13. The lowest BCUT2D eigenvalue weighted by Crippen LogP contribution is -2.10. The third-order valence-corrected chi connectivity index (χ3v) is 3.94. The van der Waals surface area contributed by atoms with Gasteiger partial charge in [-0.1, -0.05) is 11.6 Å². The summed E-state index contributed by atoms with van der Waals surface area (Å²) in [5.74, 6) is 2.03. The summed E-state index contributed by atoms with van der Waals surface area (Å²) in [5, 5.41) is 6.42. The number of nitrogens with zero attached hydrogens (tertiary/aromatic N) is 2. The van der Waals surface area contributed by atoms with Crippen LogP contribution in [-0.2, 0) is 6.42 Å². The smallest absolute Gasteiger partial charge is 0.204 e. The molecule has 2 rings (SSSR count). The summed E-state index contributed by atoms with van der Waals surface area (Å²) >= 11 is 7.50. The van der Waals surface area contributed by atoms with Gasteiger partial charge in [0.25, 0.3) is 0 Å². The monoisotopic (exact) mass is 312 g/mol. The van der Waals surface area contributed by atoms with Crippen LogP contribution in [0, 0.1) is 0 Å². The summed E-state index contributed by atoms with van der Waals surface area (Å²) < 4.78 is 6.18. The molecule has 0 saturated carbocycles. The van der Waals surface area contributed by atoms with Crippen molar-refractivity contribution >= 4 is 34.6 Å². The first-order valence-corrected chi connectivity index (χ1v) is 7.55. The number of nitrogens with one attached hydrogen (secondary N) is 2. The molecule has 5 nitrogen and oxygen atoms in total. The van der Waals surface area contributed by atoms with Gasteiger partial charge in [-0.25, -0.2) is 9.97 Å². The Morgan fingerprint density at radius 1 is 1.25 bits per heavy atom. The van der Waals surface area contributed by atoms with E-state index in [0.29, 0.717) is 17.4 Å². The number of methoxy groups -OCH3 is 1. The third kappa shape index (κ3) is 3.74. The fourth-order valence-electron chi connectivity index (χ4n) is 1.78. The van der Waals surface area contributed by atoms with Gasteiger partial charge < -0.3 is 15.4 Å². The SMILES string of the molecule is CCNc1ncnc(NCCc2ccc(Cl)s2)c1OC. The van der Waals surface area contributed by atoms with Gasteiger partial charge in [0.15, 0.2) is 11.6 Å². The van der Waals surface area contributed by atoms with Crippen LogP contribution in [0.2, 0.25) is 4.34 Å². The Bertz CT molecular complexity index is 561. The van der Waals surface area contributed by atoms with Crippen LogP contribution >= 0.6 is 22.9 Å². The highest BCUT2D eigenvalue weighted by Gasteiger charge is 2.11. The van der Waals surface area contributed by atoms with Crippen molar-refractivity contribution in [1.82, 2.24) is 9.97 Å². The largest absolute Gasteiger partial charge is 0.490 e. The molecular weight excluding hydrogens is 296 g/mol. The van der Waals surface area contributed by atoms with Crippen LogP contribution in [0.3, 0.4) is 0 Å². The van der Waals surface area contributed by atoms with Crippen molar-refractivity contribution in [2.75, 3.05) is 30.8 Å². The normalized spacial score (nSPS) is 10.3. The van der Waals surface area contributed by atoms with Crippen molar-refractivity contribution in [3.63, 3.8) is 0 Å². The zero-order valence-corrected chi connectivity index (χ0v) is 13.0. The summed E-state index contributed by atoms with van der Waals surface area (Å²) in [5.41, 5.74) is 0. The van der Waals surface area contributed by atoms with Crippen LogP contribution < -0.4 is 15.4 Å². The molecule has 0 atom stereocenters. The second-order valence-electron chi connectivity index (χ2n) is 4.02. The fraction of sp³-hybridized carbons (Fsp3) is 0.385. The number of thiophene rings is 1. The van der Waals surface area contributed by atoms with Gasteiger partial charge in [-0.2, -0.15) is 0 Å². The maximum atomic E-state index is 5.91. The minimum Gasteiger partial charge on any atom is -0.490 e. The number of halogens is 1. The first kappa shape index (κ1) is 14.9. The molecule has 7 heteroatoms. The Balaban J connectivity index is 1.99. The zero-order chi connectivity index (χ0) is 14.4. The van der Waals surface area contributed by atoms with Gasteiger partial charge in [-0.15, -0.1) is 11.3 Å². The van der Waals surface area contributed by atoms with Gasteiger partial charge in [-0.3, -0.25) is 0 Å². The summed E-state index contributed by atoms with van der Waals surface area (Å²) in [4.78, 5) is 9.62. The standard InChI is InChI=1S/C13H17ClN4OS/c1-3-15-12-11(19-2)13(18-8-17-12)16-7-6-9-4-5-10(14)20-9/h4-5,8H,3,6-7H2,1-2H3,(H2,15,16,17,18). The molecule has 0 bridgehead atoms. The predicted octanol–water partition coefficient (Wildman–Crippen LogP) is 3.29. The number of hydrogen-bond acceptors (Lipinski definition) is 6. The number of aromatic nitrogens is 2. The van der Waals surface area contributed by atoms with E-state index >= 15 is 0 Å². The van der Waals surface area contributed by atoms with Crippen molar-refractivity contribution in [2.24, 2.45) is 0 Å². The van der Waals surface area contributed by atoms with Gasteiger partial charge in [0.1, 0.15) is 6.33 Å². The van der Waals surface area contributed by atoms with Gasteiger partial charge in [0.2, 0.25) is 5.75 Å². The van der Waals surface area contributed by atoms with Crippen molar-refractivity contribution in [2.45, 2.75) is 13.3 Å². The molecule has 0 amide bonds. The maximum absolute atomic E-state index is 5.91. The average molecular weight is 313 g/mol. The molecule has 0 saturated heterocycles. The highest BCUT2D eigenvalue weighted by molar-refractivity contribution is 7.16. The molecule has 0 fully saturated rings. The second kappa shape index (κ2) is 7.31. The molecule has 20 heavy (non-hydrogen) atoms. The molecule has 0 radical (unpaired) electrons.